The van der Waals surface area contributed by atoms with Crippen molar-refractivity contribution >= 4 is 22.6 Å². The molecule has 2 rings (SSSR count). The number of nitrogens with two attached hydrogens (primary N) is 1. The van der Waals surface area contributed by atoms with E-state index in [0.29, 0.717) is 17.9 Å². The molecule has 0 bridgehead atoms. The lowest BCUT2D eigenvalue weighted by atomic mass is 10.1. The predicted molar refractivity (Wildman–Crippen MR) is 61.1 cm³/mol. The SMILES string of the molecule is CCOC(=O)c1ccc2c(cnn2C)c1N. The third-order valence-corrected chi connectivity index (χ3v) is 2.47. The molecule has 1 aromatic heterocycles. The summed E-state index contributed by atoms with van der Waals surface area (Å²) in [7, 11) is 1.83. The minimum absolute atomic E-state index is 0.337. The molecule has 5 heteroatoms. The predicted octanol–water partition coefficient (Wildman–Crippen LogP) is 1.33. The Hall–Kier alpha value is -2.04. The number of nitrogen functional groups attached to an aromatic ring is 1. The monoisotopic (exact) mass is 219 g/mol. The third-order valence-electron chi connectivity index (χ3n) is 2.47. The number of aryl methyl sites for hydroxylation is 1. The van der Waals surface area contributed by atoms with Gasteiger partial charge in [0.2, 0.25) is 0 Å². The van der Waals surface area contributed by atoms with Crippen molar-refractivity contribution in [3.05, 3.63) is 23.9 Å². The number of fused-ring (bicyclic) bond motifs is 1. The summed E-state index contributed by atoms with van der Waals surface area (Å²) < 4.78 is 6.63. The van der Waals surface area contributed by atoms with Crippen LogP contribution in [0.4, 0.5) is 5.69 Å². The normalized spacial score (nSPS) is 10.6. The maximum absolute atomic E-state index is 11.6. The minimum Gasteiger partial charge on any atom is -0.462 e. The summed E-state index contributed by atoms with van der Waals surface area (Å²) in [6.07, 6.45) is 1.65. The van der Waals surface area contributed by atoms with Crippen LogP contribution in [0.2, 0.25) is 0 Å². The standard InChI is InChI=1S/C11H13N3O2/c1-3-16-11(15)7-4-5-9-8(10(7)12)6-13-14(9)2/h4-6H,3,12H2,1-2H3. The van der Waals surface area contributed by atoms with Gasteiger partial charge in [0, 0.05) is 12.4 Å². The van der Waals surface area contributed by atoms with Gasteiger partial charge in [0.25, 0.3) is 0 Å². The van der Waals surface area contributed by atoms with Crippen LogP contribution >= 0.6 is 0 Å². The van der Waals surface area contributed by atoms with E-state index in [4.69, 9.17) is 10.5 Å². The molecule has 0 spiro atoms. The van der Waals surface area contributed by atoms with E-state index in [0.717, 1.165) is 10.9 Å². The quantitative estimate of drug-likeness (QED) is 0.611. The van der Waals surface area contributed by atoms with Crippen molar-refractivity contribution in [2.24, 2.45) is 7.05 Å². The van der Waals surface area contributed by atoms with Gasteiger partial charge in [-0.2, -0.15) is 5.10 Å². The number of hydrogen-bond donors (Lipinski definition) is 1. The molecule has 0 saturated carbocycles. The number of ether oxygens (including phenoxy) is 1. The van der Waals surface area contributed by atoms with Crippen LogP contribution in [0.3, 0.4) is 0 Å². The molecule has 0 atom stereocenters. The second-order valence-corrected chi connectivity index (χ2v) is 3.45. The molecular formula is C11H13N3O2. The summed E-state index contributed by atoms with van der Waals surface area (Å²) in [5, 5.41) is 4.86. The van der Waals surface area contributed by atoms with Crippen LogP contribution in [-0.2, 0) is 11.8 Å². The molecule has 84 valence electrons. The van der Waals surface area contributed by atoms with Gasteiger partial charge in [0.05, 0.1) is 29.6 Å². The highest BCUT2D eigenvalue weighted by Crippen LogP contribution is 2.24. The zero-order valence-corrected chi connectivity index (χ0v) is 9.23. The first-order chi connectivity index (χ1) is 7.65. The van der Waals surface area contributed by atoms with Crippen LogP contribution < -0.4 is 5.73 Å². The molecule has 0 aliphatic carbocycles. The lowest BCUT2D eigenvalue weighted by Gasteiger charge is -2.06. The van der Waals surface area contributed by atoms with Gasteiger partial charge in [-0.05, 0) is 19.1 Å². The first kappa shape index (κ1) is 10.5. The van der Waals surface area contributed by atoms with Gasteiger partial charge < -0.3 is 10.5 Å². The summed E-state index contributed by atoms with van der Waals surface area (Å²) in [5.41, 5.74) is 7.61. The molecule has 0 unspecified atom stereocenters. The van der Waals surface area contributed by atoms with E-state index < -0.39 is 5.97 Å². The van der Waals surface area contributed by atoms with Crippen LogP contribution in [0.15, 0.2) is 18.3 Å². The molecule has 5 nitrogen and oxygen atoms in total. The Morgan fingerprint density at radius 2 is 2.31 bits per heavy atom. The zero-order valence-electron chi connectivity index (χ0n) is 9.23. The van der Waals surface area contributed by atoms with Gasteiger partial charge in [0.15, 0.2) is 0 Å². The fourth-order valence-electron chi connectivity index (χ4n) is 1.64. The molecule has 2 N–H and O–H groups in total. The lowest BCUT2D eigenvalue weighted by Crippen LogP contribution is -2.08. The Morgan fingerprint density at radius 1 is 1.56 bits per heavy atom. The molecule has 0 radical (unpaired) electrons. The lowest BCUT2D eigenvalue weighted by molar-refractivity contribution is 0.0528. The van der Waals surface area contributed by atoms with Gasteiger partial charge in [0.1, 0.15) is 0 Å². The van der Waals surface area contributed by atoms with E-state index in [9.17, 15) is 4.79 Å². The maximum atomic E-state index is 11.6. The van der Waals surface area contributed by atoms with Crippen molar-refractivity contribution in [2.75, 3.05) is 12.3 Å². The Labute approximate surface area is 92.8 Å². The average molecular weight is 219 g/mol. The van der Waals surface area contributed by atoms with Crippen LogP contribution in [0, 0.1) is 0 Å². The summed E-state index contributed by atoms with van der Waals surface area (Å²) in [6, 6.07) is 3.47. The molecule has 16 heavy (non-hydrogen) atoms. The van der Waals surface area contributed by atoms with Gasteiger partial charge >= 0.3 is 5.97 Å². The van der Waals surface area contributed by atoms with E-state index in [-0.39, 0.29) is 0 Å². The number of benzene rings is 1. The fourth-order valence-corrected chi connectivity index (χ4v) is 1.64. The maximum Gasteiger partial charge on any atom is 0.340 e. The van der Waals surface area contributed by atoms with Crippen molar-refractivity contribution < 1.29 is 9.53 Å². The average Bonchev–Trinajstić information content (AvgIpc) is 2.62. The molecule has 1 heterocycles. The van der Waals surface area contributed by atoms with Crippen molar-refractivity contribution in [3.63, 3.8) is 0 Å². The van der Waals surface area contributed by atoms with Gasteiger partial charge in [-0.3, -0.25) is 4.68 Å². The van der Waals surface area contributed by atoms with Crippen LogP contribution in [0.1, 0.15) is 17.3 Å². The second-order valence-electron chi connectivity index (χ2n) is 3.45. The van der Waals surface area contributed by atoms with Crippen LogP contribution in [0.5, 0.6) is 0 Å². The second kappa shape index (κ2) is 3.84. The number of aromatic nitrogens is 2. The number of nitrogens with zero attached hydrogens (tertiary/aromatic N) is 2. The highest BCUT2D eigenvalue weighted by atomic mass is 16.5. The number of hydrogen-bond acceptors (Lipinski definition) is 4. The number of rotatable bonds is 2. The molecule has 0 amide bonds. The summed E-state index contributed by atoms with van der Waals surface area (Å²) >= 11 is 0. The number of anilines is 1. The van der Waals surface area contributed by atoms with Crippen molar-refractivity contribution in [1.29, 1.82) is 0 Å². The van der Waals surface area contributed by atoms with E-state index in [1.807, 2.05) is 13.1 Å². The van der Waals surface area contributed by atoms with Crippen LogP contribution in [0.25, 0.3) is 10.9 Å². The van der Waals surface area contributed by atoms with Gasteiger partial charge in [-0.25, -0.2) is 4.79 Å². The van der Waals surface area contributed by atoms with E-state index >= 15 is 0 Å². The first-order valence-electron chi connectivity index (χ1n) is 5.02. The molecule has 0 saturated heterocycles. The summed E-state index contributed by atoms with van der Waals surface area (Å²) in [5.74, 6) is -0.397. The fraction of sp³-hybridized carbons (Fsp3) is 0.273. The minimum atomic E-state index is -0.397. The van der Waals surface area contributed by atoms with Gasteiger partial charge in [-0.1, -0.05) is 0 Å². The van der Waals surface area contributed by atoms with E-state index in [2.05, 4.69) is 5.10 Å². The van der Waals surface area contributed by atoms with Crippen molar-refractivity contribution in [2.45, 2.75) is 6.92 Å². The summed E-state index contributed by atoms with van der Waals surface area (Å²) in [4.78, 5) is 11.6. The topological polar surface area (TPSA) is 70.1 Å². The Morgan fingerprint density at radius 3 is 3.00 bits per heavy atom. The molecule has 0 aliphatic heterocycles. The largest absolute Gasteiger partial charge is 0.462 e. The third kappa shape index (κ3) is 1.50. The highest BCUT2D eigenvalue weighted by molar-refractivity contribution is 6.04. The molecule has 1 aromatic carbocycles. The molecule has 0 aliphatic rings. The first-order valence-corrected chi connectivity index (χ1v) is 5.02. The highest BCUT2D eigenvalue weighted by Gasteiger charge is 2.14. The number of esters is 1. The Bertz CT molecular complexity index is 545. The molecule has 2 aromatic rings. The van der Waals surface area contributed by atoms with E-state index in [1.165, 1.54) is 0 Å². The Kier molecular flexibility index (Phi) is 2.52. The summed E-state index contributed by atoms with van der Waals surface area (Å²) in [6.45, 7) is 2.10. The number of carbonyl (C=O) groups excluding carboxylic acids is 1. The van der Waals surface area contributed by atoms with E-state index in [1.54, 1.807) is 23.9 Å². The molecule has 0 fully saturated rings. The van der Waals surface area contributed by atoms with Crippen molar-refractivity contribution in [1.82, 2.24) is 9.78 Å². The van der Waals surface area contributed by atoms with Crippen molar-refractivity contribution in [3.8, 4) is 0 Å². The smallest absolute Gasteiger partial charge is 0.340 e. The van der Waals surface area contributed by atoms with Gasteiger partial charge in [-0.15, -0.1) is 0 Å². The van der Waals surface area contributed by atoms with Crippen LogP contribution in [-0.4, -0.2) is 22.4 Å². The Balaban J connectivity index is 2.56. The number of carbonyl (C=O) groups is 1. The molecular weight excluding hydrogens is 206 g/mol. The zero-order chi connectivity index (χ0) is 11.7.